The number of thiazole rings is 1. The van der Waals surface area contributed by atoms with Crippen LogP contribution in [0.4, 0.5) is 5.13 Å². The number of ether oxygens (including phenoxy) is 1. The summed E-state index contributed by atoms with van der Waals surface area (Å²) in [4.78, 5) is 16.4. The van der Waals surface area contributed by atoms with Gasteiger partial charge in [-0.05, 0) is 37.3 Å². The van der Waals surface area contributed by atoms with Crippen LogP contribution in [-0.2, 0) is 0 Å². The minimum atomic E-state index is -0.181. The molecule has 0 fully saturated rings. The molecule has 132 valence electrons. The van der Waals surface area contributed by atoms with E-state index < -0.39 is 0 Å². The molecule has 0 radical (unpaired) electrons. The molecule has 8 heteroatoms. The fourth-order valence-electron chi connectivity index (χ4n) is 2.59. The second-order valence-electron chi connectivity index (χ2n) is 5.61. The highest BCUT2D eigenvalue weighted by molar-refractivity contribution is 7.99. The number of H-pyrrole nitrogens is 1. The van der Waals surface area contributed by atoms with E-state index in [1.807, 2.05) is 55.5 Å². The summed E-state index contributed by atoms with van der Waals surface area (Å²) in [5.41, 5.74) is 7.11. The third-order valence-electron chi connectivity index (χ3n) is 3.68. The van der Waals surface area contributed by atoms with Crippen LogP contribution in [0.1, 0.15) is 6.92 Å². The lowest BCUT2D eigenvalue weighted by Gasteiger charge is -2.13. The summed E-state index contributed by atoms with van der Waals surface area (Å²) in [6.07, 6.45) is 0. The van der Waals surface area contributed by atoms with E-state index in [9.17, 15) is 4.79 Å². The number of benzene rings is 2. The Kier molecular flexibility index (Phi) is 4.44. The summed E-state index contributed by atoms with van der Waals surface area (Å²) < 4.78 is 8.46. The zero-order chi connectivity index (χ0) is 18.1. The number of nitrogens with one attached hydrogen (secondary N) is 1. The van der Waals surface area contributed by atoms with Crippen LogP contribution in [0.2, 0.25) is 0 Å². The number of aromatic amines is 1. The third kappa shape index (κ3) is 3.47. The van der Waals surface area contributed by atoms with E-state index in [4.69, 9.17) is 10.5 Å². The van der Waals surface area contributed by atoms with E-state index >= 15 is 0 Å². The van der Waals surface area contributed by atoms with Crippen molar-refractivity contribution in [3.8, 4) is 11.4 Å². The highest BCUT2D eigenvalue weighted by atomic mass is 32.2. The molecule has 0 bridgehead atoms. The summed E-state index contributed by atoms with van der Waals surface area (Å²) in [7, 11) is 0. The first kappa shape index (κ1) is 16.7. The van der Waals surface area contributed by atoms with E-state index in [2.05, 4.69) is 10.1 Å². The molecule has 1 atom stereocenters. The molecular weight excluding hydrogens is 368 g/mol. The number of anilines is 1. The first-order chi connectivity index (χ1) is 12.6. The largest absolute Gasteiger partial charge is 0.480 e. The lowest BCUT2D eigenvalue weighted by Crippen LogP contribution is -2.13. The Bertz CT molecular complexity index is 1100. The number of nitrogens with two attached hydrogens (primary N) is 1. The Morgan fingerprint density at radius 1 is 1.23 bits per heavy atom. The van der Waals surface area contributed by atoms with Crippen molar-refractivity contribution in [2.24, 2.45) is 0 Å². The zero-order valence-corrected chi connectivity index (χ0v) is 15.5. The van der Waals surface area contributed by atoms with E-state index in [0.29, 0.717) is 5.13 Å². The Morgan fingerprint density at radius 3 is 2.85 bits per heavy atom. The van der Waals surface area contributed by atoms with Gasteiger partial charge >= 0.3 is 0 Å². The predicted molar refractivity (Wildman–Crippen MR) is 106 cm³/mol. The van der Waals surface area contributed by atoms with Gasteiger partial charge in [0.25, 0.3) is 5.56 Å². The molecule has 0 aliphatic carbocycles. The van der Waals surface area contributed by atoms with Gasteiger partial charge < -0.3 is 10.5 Å². The standard InChI is InChI=1S/C18H16N4O2S2/c1-11(24-13-7-8-14-15(9-13)26-18(19)20-14)25-16-10-17(23)22(21-16)12-5-3-2-4-6-12/h2-11,21H,1H3,(H2,19,20). The molecule has 0 saturated heterocycles. The van der Waals surface area contributed by atoms with Gasteiger partial charge in [-0.2, -0.15) is 0 Å². The second-order valence-corrected chi connectivity index (χ2v) is 8.02. The van der Waals surface area contributed by atoms with Crippen molar-refractivity contribution >= 4 is 38.4 Å². The number of hydrogen-bond donors (Lipinski definition) is 2. The number of rotatable bonds is 5. The first-order valence-corrected chi connectivity index (χ1v) is 9.65. The maximum Gasteiger partial charge on any atom is 0.272 e. The van der Waals surface area contributed by atoms with E-state index in [0.717, 1.165) is 26.7 Å². The summed E-state index contributed by atoms with van der Waals surface area (Å²) in [5, 5.41) is 4.40. The molecule has 4 aromatic rings. The van der Waals surface area contributed by atoms with Crippen molar-refractivity contribution in [3.05, 3.63) is 65.0 Å². The molecule has 0 amide bonds. The monoisotopic (exact) mass is 384 g/mol. The van der Waals surface area contributed by atoms with Gasteiger partial charge in [0.15, 0.2) is 5.13 Å². The van der Waals surface area contributed by atoms with Crippen LogP contribution in [0, 0.1) is 0 Å². The van der Waals surface area contributed by atoms with Gasteiger partial charge in [-0.1, -0.05) is 41.3 Å². The molecule has 0 aliphatic rings. The second kappa shape index (κ2) is 6.89. The molecule has 1 unspecified atom stereocenters. The highest BCUT2D eigenvalue weighted by Crippen LogP contribution is 2.30. The van der Waals surface area contributed by atoms with Gasteiger partial charge in [-0.3, -0.25) is 9.89 Å². The molecule has 0 spiro atoms. The molecule has 0 aliphatic heterocycles. The van der Waals surface area contributed by atoms with Crippen molar-refractivity contribution in [1.29, 1.82) is 0 Å². The fourth-order valence-corrected chi connectivity index (χ4v) is 4.19. The average molecular weight is 384 g/mol. The lowest BCUT2D eigenvalue weighted by atomic mass is 10.3. The number of fused-ring (bicyclic) bond motifs is 1. The van der Waals surface area contributed by atoms with Crippen molar-refractivity contribution in [2.75, 3.05) is 5.73 Å². The summed E-state index contributed by atoms with van der Waals surface area (Å²) in [6.45, 7) is 1.94. The average Bonchev–Trinajstić information content (AvgIpc) is 3.16. The van der Waals surface area contributed by atoms with E-state index in [1.165, 1.54) is 27.8 Å². The maximum absolute atomic E-state index is 12.2. The molecule has 2 aromatic heterocycles. The maximum atomic E-state index is 12.2. The lowest BCUT2D eigenvalue weighted by molar-refractivity contribution is 0.308. The van der Waals surface area contributed by atoms with Gasteiger partial charge in [0, 0.05) is 6.07 Å². The van der Waals surface area contributed by atoms with Gasteiger partial charge in [-0.15, -0.1) is 0 Å². The van der Waals surface area contributed by atoms with Crippen molar-refractivity contribution in [2.45, 2.75) is 17.4 Å². The van der Waals surface area contributed by atoms with Gasteiger partial charge in [-0.25, -0.2) is 9.67 Å². The molecule has 0 saturated carbocycles. The molecule has 3 N–H and O–H groups in total. The molecule has 2 heterocycles. The van der Waals surface area contributed by atoms with Gasteiger partial charge in [0.2, 0.25) is 0 Å². The topological polar surface area (TPSA) is 85.9 Å². The van der Waals surface area contributed by atoms with Crippen LogP contribution in [0.5, 0.6) is 5.75 Å². The Morgan fingerprint density at radius 2 is 2.04 bits per heavy atom. The zero-order valence-electron chi connectivity index (χ0n) is 13.9. The molecular formula is C18H16N4O2S2. The van der Waals surface area contributed by atoms with Crippen LogP contribution in [0.3, 0.4) is 0 Å². The minimum absolute atomic E-state index is 0.104. The summed E-state index contributed by atoms with van der Waals surface area (Å²) >= 11 is 2.87. The summed E-state index contributed by atoms with van der Waals surface area (Å²) in [5.74, 6) is 0.742. The normalized spacial score (nSPS) is 12.3. The van der Waals surface area contributed by atoms with Crippen LogP contribution in [0.15, 0.2) is 64.4 Å². The van der Waals surface area contributed by atoms with E-state index in [-0.39, 0.29) is 11.0 Å². The summed E-state index contributed by atoms with van der Waals surface area (Å²) in [6, 6.07) is 16.7. The predicted octanol–water partition coefficient (Wildman–Crippen LogP) is 3.87. The molecule has 26 heavy (non-hydrogen) atoms. The Hall–Kier alpha value is -2.71. The number of nitrogens with zero attached hydrogens (tertiary/aromatic N) is 2. The Labute approximate surface area is 157 Å². The molecule has 2 aromatic carbocycles. The Balaban J connectivity index is 1.49. The van der Waals surface area contributed by atoms with Crippen molar-refractivity contribution in [3.63, 3.8) is 0 Å². The number of hydrogen-bond acceptors (Lipinski definition) is 6. The van der Waals surface area contributed by atoms with Gasteiger partial charge in [0.05, 0.1) is 20.9 Å². The number of thioether (sulfide) groups is 1. The van der Waals surface area contributed by atoms with E-state index in [1.54, 1.807) is 6.07 Å². The smallest absolute Gasteiger partial charge is 0.272 e. The number of para-hydroxylation sites is 1. The van der Waals surface area contributed by atoms with Crippen LogP contribution >= 0.6 is 23.1 Å². The fraction of sp³-hybridized carbons (Fsp3) is 0.111. The first-order valence-electron chi connectivity index (χ1n) is 7.95. The SMILES string of the molecule is CC(Oc1ccc2nc(N)sc2c1)Sc1cc(=O)n(-c2ccccc2)[nH]1. The molecule has 4 rings (SSSR count). The van der Waals surface area contributed by atoms with Gasteiger partial charge in [0.1, 0.15) is 11.2 Å². The van der Waals surface area contributed by atoms with Crippen LogP contribution < -0.4 is 16.0 Å². The number of nitrogen functional groups attached to an aromatic ring is 1. The van der Waals surface area contributed by atoms with Crippen molar-refractivity contribution in [1.82, 2.24) is 14.8 Å². The van der Waals surface area contributed by atoms with Crippen LogP contribution in [0.25, 0.3) is 15.9 Å². The third-order valence-corrected chi connectivity index (χ3v) is 5.42. The number of aromatic nitrogens is 3. The quantitative estimate of drug-likeness (QED) is 0.403. The molecule has 6 nitrogen and oxygen atoms in total. The van der Waals surface area contributed by atoms with Crippen LogP contribution in [-0.4, -0.2) is 20.2 Å². The van der Waals surface area contributed by atoms with Crippen molar-refractivity contribution < 1.29 is 4.74 Å². The minimum Gasteiger partial charge on any atom is -0.480 e. The highest BCUT2D eigenvalue weighted by Gasteiger charge is 2.12.